The summed E-state index contributed by atoms with van der Waals surface area (Å²) in [6.07, 6.45) is 0.939. The van der Waals surface area contributed by atoms with Crippen LogP contribution in [-0.4, -0.2) is 34.1 Å². The molecule has 0 aromatic heterocycles. The topological polar surface area (TPSA) is 84.5 Å². The number of hydrogen-bond acceptors (Lipinski definition) is 5. The van der Waals surface area contributed by atoms with Crippen LogP contribution in [0.3, 0.4) is 0 Å². The molecule has 0 amide bonds. The molecule has 1 atom stereocenters. The fourth-order valence-corrected chi connectivity index (χ4v) is 4.08. The number of rotatable bonds is 6. The molecule has 146 valence electrons. The van der Waals surface area contributed by atoms with Crippen LogP contribution in [0.4, 0.5) is 0 Å². The first-order valence-corrected chi connectivity index (χ1v) is 10.1. The maximum atomic E-state index is 12.5. The summed E-state index contributed by atoms with van der Waals surface area (Å²) in [6, 6.07) is 13.7. The molecule has 1 aliphatic rings. The average molecular weight is 411 g/mol. The first kappa shape index (κ1) is 21.4. The van der Waals surface area contributed by atoms with Crippen LogP contribution in [-0.2, 0) is 21.2 Å². The summed E-state index contributed by atoms with van der Waals surface area (Å²) < 4.78 is 32.6. The fraction of sp³-hybridized carbons (Fsp3) is 0.316. The maximum Gasteiger partial charge on any atom is 0.338 e. The Labute approximate surface area is 165 Å². The van der Waals surface area contributed by atoms with Crippen molar-refractivity contribution in [3.63, 3.8) is 0 Å². The molecule has 0 saturated heterocycles. The lowest BCUT2D eigenvalue weighted by atomic mass is 9.95. The number of hydrogen-bond donors (Lipinski definition) is 2. The van der Waals surface area contributed by atoms with Gasteiger partial charge < -0.3 is 10.1 Å². The van der Waals surface area contributed by atoms with Gasteiger partial charge >= 0.3 is 5.97 Å². The Morgan fingerprint density at radius 1 is 1.19 bits per heavy atom. The van der Waals surface area contributed by atoms with Crippen LogP contribution in [0.2, 0.25) is 0 Å². The monoisotopic (exact) mass is 410 g/mol. The van der Waals surface area contributed by atoms with Crippen molar-refractivity contribution in [3.05, 3.63) is 65.2 Å². The number of carbonyl (C=O) groups excluding carboxylic acids is 1. The molecule has 27 heavy (non-hydrogen) atoms. The maximum absolute atomic E-state index is 12.5. The Balaban J connectivity index is 0.00000261. The number of esters is 1. The predicted octanol–water partition coefficient (Wildman–Crippen LogP) is 2.45. The Kier molecular flexibility index (Phi) is 7.38. The first-order valence-electron chi connectivity index (χ1n) is 8.59. The highest BCUT2D eigenvalue weighted by molar-refractivity contribution is 7.89. The van der Waals surface area contributed by atoms with Gasteiger partial charge in [-0.1, -0.05) is 24.3 Å². The van der Waals surface area contributed by atoms with E-state index in [-0.39, 0.29) is 36.5 Å². The zero-order chi connectivity index (χ0) is 18.6. The molecule has 3 rings (SSSR count). The molecule has 0 aliphatic carbocycles. The van der Waals surface area contributed by atoms with Gasteiger partial charge in [-0.05, 0) is 55.3 Å². The number of ether oxygens (including phenoxy) is 1. The lowest BCUT2D eigenvalue weighted by Gasteiger charge is -2.27. The van der Waals surface area contributed by atoms with Crippen molar-refractivity contribution in [1.29, 1.82) is 0 Å². The van der Waals surface area contributed by atoms with Gasteiger partial charge in [-0.3, -0.25) is 0 Å². The highest BCUT2D eigenvalue weighted by atomic mass is 35.5. The third kappa shape index (κ3) is 5.07. The van der Waals surface area contributed by atoms with Crippen molar-refractivity contribution in [2.75, 3.05) is 19.7 Å². The molecule has 1 heterocycles. The Morgan fingerprint density at radius 3 is 2.59 bits per heavy atom. The second kappa shape index (κ2) is 9.32. The van der Waals surface area contributed by atoms with Gasteiger partial charge in [0.25, 0.3) is 0 Å². The van der Waals surface area contributed by atoms with Gasteiger partial charge in [0.1, 0.15) is 0 Å². The third-order valence-electron chi connectivity index (χ3n) is 4.37. The summed E-state index contributed by atoms with van der Waals surface area (Å²) in [5.74, 6) is -0.465. The van der Waals surface area contributed by atoms with E-state index < -0.39 is 16.0 Å². The minimum absolute atomic E-state index is 0. The summed E-state index contributed by atoms with van der Waals surface area (Å²) in [4.78, 5) is 11.8. The lowest BCUT2D eigenvalue weighted by Crippen LogP contribution is -2.38. The number of fused-ring (bicyclic) bond motifs is 1. The Bertz CT molecular complexity index is 885. The summed E-state index contributed by atoms with van der Waals surface area (Å²) in [5.41, 5.74) is 2.70. The van der Waals surface area contributed by atoms with Crippen LogP contribution >= 0.6 is 12.4 Å². The lowest BCUT2D eigenvalue weighted by molar-refractivity contribution is 0.0526. The number of sulfonamides is 1. The van der Waals surface area contributed by atoms with Crippen LogP contribution in [0.25, 0.3) is 0 Å². The standard InChI is InChI=1S/C19H22N2O4S.ClH/c1-2-25-19(22)15-7-9-16(10-8-15)26(23,24)21-13-18-17-6-4-3-5-14(17)11-12-20-18;/h3-10,18,20-21H,2,11-13H2,1H3;1H. The van der Waals surface area contributed by atoms with Crippen molar-refractivity contribution in [2.24, 2.45) is 0 Å². The summed E-state index contributed by atoms with van der Waals surface area (Å²) in [6.45, 7) is 3.07. The third-order valence-corrected chi connectivity index (χ3v) is 5.81. The van der Waals surface area contributed by atoms with Crippen LogP contribution in [0.15, 0.2) is 53.4 Å². The van der Waals surface area contributed by atoms with E-state index in [4.69, 9.17) is 4.74 Å². The molecule has 2 aromatic rings. The number of carbonyl (C=O) groups is 1. The van der Waals surface area contributed by atoms with Crippen LogP contribution in [0.5, 0.6) is 0 Å². The molecule has 1 aliphatic heterocycles. The Morgan fingerprint density at radius 2 is 1.89 bits per heavy atom. The van der Waals surface area contributed by atoms with Gasteiger partial charge in [0.2, 0.25) is 10.0 Å². The quantitative estimate of drug-likeness (QED) is 0.714. The van der Waals surface area contributed by atoms with E-state index in [1.807, 2.05) is 18.2 Å². The predicted molar refractivity (Wildman–Crippen MR) is 106 cm³/mol. The molecule has 8 heteroatoms. The van der Waals surface area contributed by atoms with Crippen molar-refractivity contribution >= 4 is 28.4 Å². The molecule has 0 spiro atoms. The molecule has 0 radical (unpaired) electrons. The van der Waals surface area contributed by atoms with Crippen molar-refractivity contribution < 1.29 is 17.9 Å². The average Bonchev–Trinajstić information content (AvgIpc) is 2.66. The molecule has 1 unspecified atom stereocenters. The van der Waals surface area contributed by atoms with E-state index in [1.54, 1.807) is 6.92 Å². The molecule has 0 fully saturated rings. The van der Waals surface area contributed by atoms with Gasteiger partial charge in [0, 0.05) is 12.6 Å². The SMILES string of the molecule is CCOC(=O)c1ccc(S(=O)(=O)NCC2NCCc3ccccc32)cc1.Cl. The molecular formula is C19H23ClN2O4S. The molecule has 0 saturated carbocycles. The van der Waals surface area contributed by atoms with E-state index in [0.29, 0.717) is 5.56 Å². The normalized spacial score (nSPS) is 16.1. The van der Waals surface area contributed by atoms with Crippen LogP contribution < -0.4 is 10.0 Å². The summed E-state index contributed by atoms with van der Waals surface area (Å²) in [5, 5.41) is 3.35. The molecule has 0 bridgehead atoms. The van der Waals surface area contributed by atoms with Crippen LogP contribution in [0.1, 0.15) is 34.5 Å². The minimum Gasteiger partial charge on any atom is -0.462 e. The van der Waals surface area contributed by atoms with Gasteiger partial charge in [-0.25, -0.2) is 17.9 Å². The van der Waals surface area contributed by atoms with E-state index in [0.717, 1.165) is 18.5 Å². The van der Waals surface area contributed by atoms with Crippen LogP contribution in [0, 0.1) is 0 Å². The van der Waals surface area contributed by atoms with Crippen molar-refractivity contribution in [2.45, 2.75) is 24.3 Å². The zero-order valence-electron chi connectivity index (χ0n) is 15.0. The van der Waals surface area contributed by atoms with E-state index in [9.17, 15) is 13.2 Å². The van der Waals surface area contributed by atoms with Crippen molar-refractivity contribution in [3.8, 4) is 0 Å². The van der Waals surface area contributed by atoms with Crippen molar-refractivity contribution in [1.82, 2.24) is 10.0 Å². The van der Waals surface area contributed by atoms with Gasteiger partial charge in [0.15, 0.2) is 0 Å². The van der Waals surface area contributed by atoms with Gasteiger partial charge in [-0.15, -0.1) is 12.4 Å². The fourth-order valence-electron chi connectivity index (χ4n) is 3.04. The molecule has 2 N–H and O–H groups in total. The second-order valence-electron chi connectivity index (χ2n) is 6.05. The first-order chi connectivity index (χ1) is 12.5. The molecular weight excluding hydrogens is 388 g/mol. The highest BCUT2D eigenvalue weighted by Gasteiger charge is 2.22. The second-order valence-corrected chi connectivity index (χ2v) is 7.82. The van der Waals surface area contributed by atoms with E-state index in [1.165, 1.54) is 29.8 Å². The highest BCUT2D eigenvalue weighted by Crippen LogP contribution is 2.22. The number of benzene rings is 2. The number of nitrogens with one attached hydrogen (secondary N) is 2. The molecule has 6 nitrogen and oxygen atoms in total. The summed E-state index contributed by atoms with van der Waals surface area (Å²) in [7, 11) is -3.66. The van der Waals surface area contributed by atoms with E-state index >= 15 is 0 Å². The number of halogens is 1. The molecule has 2 aromatic carbocycles. The van der Waals surface area contributed by atoms with Gasteiger partial charge in [-0.2, -0.15) is 0 Å². The Hall–Kier alpha value is -1.93. The smallest absolute Gasteiger partial charge is 0.338 e. The minimum atomic E-state index is -3.66. The summed E-state index contributed by atoms with van der Waals surface area (Å²) >= 11 is 0. The largest absolute Gasteiger partial charge is 0.462 e. The van der Waals surface area contributed by atoms with E-state index in [2.05, 4.69) is 16.1 Å². The zero-order valence-corrected chi connectivity index (χ0v) is 16.6. The van der Waals surface area contributed by atoms with Gasteiger partial charge in [0.05, 0.1) is 17.1 Å².